The average molecular weight is 388 g/mol. The SMILES string of the molecule is CCOc1c(Cl)cc(C(=O)Nc2cc(-c3nnco3)ccc2C)cc1OC. The molecule has 1 aromatic heterocycles. The number of hydrogen-bond donors (Lipinski definition) is 1. The minimum absolute atomic E-state index is 0.303. The molecule has 0 aliphatic heterocycles. The minimum atomic E-state index is -0.330. The van der Waals surface area contributed by atoms with Crippen molar-refractivity contribution in [1.82, 2.24) is 10.2 Å². The maximum Gasteiger partial charge on any atom is 0.255 e. The number of rotatable bonds is 6. The monoisotopic (exact) mass is 387 g/mol. The van der Waals surface area contributed by atoms with Gasteiger partial charge in [0.1, 0.15) is 0 Å². The van der Waals surface area contributed by atoms with Gasteiger partial charge in [0.15, 0.2) is 11.5 Å². The van der Waals surface area contributed by atoms with E-state index < -0.39 is 0 Å². The standard InChI is InChI=1S/C19H18ClN3O4/c1-4-26-17-14(20)7-13(9-16(17)25-3)18(24)22-15-8-12(6-5-11(15)2)19-23-21-10-27-19/h5-10H,4H2,1-3H3,(H,22,24). The number of ether oxygens (including phenoxy) is 2. The van der Waals surface area contributed by atoms with Gasteiger partial charge in [-0.25, -0.2) is 0 Å². The summed E-state index contributed by atoms with van der Waals surface area (Å²) in [4.78, 5) is 12.7. The molecule has 2 aromatic carbocycles. The normalized spacial score (nSPS) is 10.5. The summed E-state index contributed by atoms with van der Waals surface area (Å²) in [5, 5.41) is 10.7. The molecule has 0 aliphatic carbocycles. The molecule has 0 radical (unpaired) electrons. The zero-order chi connectivity index (χ0) is 19.4. The van der Waals surface area contributed by atoms with Gasteiger partial charge in [-0.1, -0.05) is 17.7 Å². The molecule has 0 spiro atoms. The fraction of sp³-hybridized carbons (Fsp3) is 0.211. The molecule has 140 valence electrons. The van der Waals surface area contributed by atoms with Gasteiger partial charge in [-0.2, -0.15) is 0 Å². The van der Waals surface area contributed by atoms with Crippen molar-refractivity contribution >= 4 is 23.2 Å². The predicted molar refractivity (Wildman–Crippen MR) is 102 cm³/mol. The van der Waals surface area contributed by atoms with Crippen LogP contribution in [0.4, 0.5) is 5.69 Å². The molecule has 1 amide bonds. The zero-order valence-corrected chi connectivity index (χ0v) is 15.8. The van der Waals surface area contributed by atoms with Crippen LogP contribution in [0.25, 0.3) is 11.5 Å². The van der Waals surface area contributed by atoms with Crippen LogP contribution in [-0.2, 0) is 0 Å². The number of hydrogen-bond acceptors (Lipinski definition) is 6. The lowest BCUT2D eigenvalue weighted by Crippen LogP contribution is -2.13. The Morgan fingerprint density at radius 1 is 1.30 bits per heavy atom. The number of benzene rings is 2. The topological polar surface area (TPSA) is 86.5 Å². The van der Waals surface area contributed by atoms with Crippen LogP contribution in [0.15, 0.2) is 41.1 Å². The molecule has 0 aliphatic rings. The van der Waals surface area contributed by atoms with Crippen molar-refractivity contribution in [2.45, 2.75) is 13.8 Å². The number of methoxy groups -OCH3 is 1. The van der Waals surface area contributed by atoms with Crippen LogP contribution in [0.3, 0.4) is 0 Å². The summed E-state index contributed by atoms with van der Waals surface area (Å²) in [5.74, 6) is 0.846. The van der Waals surface area contributed by atoms with Gasteiger partial charge >= 0.3 is 0 Å². The Hall–Kier alpha value is -3.06. The van der Waals surface area contributed by atoms with E-state index in [-0.39, 0.29) is 5.91 Å². The number of aryl methyl sites for hydroxylation is 1. The number of nitrogens with zero attached hydrogens (tertiary/aromatic N) is 2. The van der Waals surface area contributed by atoms with Crippen LogP contribution in [0.1, 0.15) is 22.8 Å². The lowest BCUT2D eigenvalue weighted by molar-refractivity contribution is 0.102. The van der Waals surface area contributed by atoms with E-state index in [0.717, 1.165) is 5.56 Å². The molecule has 7 nitrogen and oxygen atoms in total. The number of anilines is 1. The highest BCUT2D eigenvalue weighted by molar-refractivity contribution is 6.32. The number of halogens is 1. The maximum absolute atomic E-state index is 12.7. The quantitative estimate of drug-likeness (QED) is 0.676. The molecule has 27 heavy (non-hydrogen) atoms. The highest BCUT2D eigenvalue weighted by Crippen LogP contribution is 2.36. The van der Waals surface area contributed by atoms with Gasteiger partial charge in [0.2, 0.25) is 12.3 Å². The van der Waals surface area contributed by atoms with Crippen molar-refractivity contribution in [2.75, 3.05) is 19.0 Å². The third-order valence-corrected chi connectivity index (χ3v) is 4.15. The average Bonchev–Trinajstić information content (AvgIpc) is 3.19. The van der Waals surface area contributed by atoms with Crippen LogP contribution >= 0.6 is 11.6 Å². The molecular weight excluding hydrogens is 370 g/mol. The van der Waals surface area contributed by atoms with Crippen LogP contribution in [0, 0.1) is 6.92 Å². The molecule has 0 fully saturated rings. The van der Waals surface area contributed by atoms with Crippen molar-refractivity contribution in [2.24, 2.45) is 0 Å². The first kappa shape index (κ1) is 18.7. The van der Waals surface area contributed by atoms with E-state index >= 15 is 0 Å². The summed E-state index contributed by atoms with van der Waals surface area (Å²) in [7, 11) is 1.49. The highest BCUT2D eigenvalue weighted by Gasteiger charge is 2.17. The van der Waals surface area contributed by atoms with E-state index in [2.05, 4.69) is 15.5 Å². The lowest BCUT2D eigenvalue weighted by Gasteiger charge is -2.14. The third-order valence-electron chi connectivity index (χ3n) is 3.87. The Bertz CT molecular complexity index is 958. The molecule has 0 saturated carbocycles. The van der Waals surface area contributed by atoms with Gasteiger partial charge in [-0.05, 0) is 43.7 Å². The van der Waals surface area contributed by atoms with E-state index in [9.17, 15) is 4.79 Å². The summed E-state index contributed by atoms with van der Waals surface area (Å²) in [5.41, 5.74) is 2.56. The van der Waals surface area contributed by atoms with Gasteiger partial charge in [-0.15, -0.1) is 10.2 Å². The van der Waals surface area contributed by atoms with Gasteiger partial charge in [-0.3, -0.25) is 4.79 Å². The molecule has 0 atom stereocenters. The molecule has 1 N–H and O–H groups in total. The Labute approximate surface area is 161 Å². The Morgan fingerprint density at radius 2 is 2.11 bits per heavy atom. The largest absolute Gasteiger partial charge is 0.493 e. The second-order valence-corrected chi connectivity index (χ2v) is 6.06. The summed E-state index contributed by atoms with van der Waals surface area (Å²) in [6.07, 6.45) is 1.25. The molecule has 3 aromatic rings. The van der Waals surface area contributed by atoms with Gasteiger partial charge < -0.3 is 19.2 Å². The van der Waals surface area contributed by atoms with Crippen LogP contribution in [0.2, 0.25) is 5.02 Å². The molecule has 0 unspecified atom stereocenters. The minimum Gasteiger partial charge on any atom is -0.493 e. The number of carbonyl (C=O) groups is 1. The number of aromatic nitrogens is 2. The van der Waals surface area contributed by atoms with E-state index in [1.54, 1.807) is 18.2 Å². The van der Waals surface area contributed by atoms with Crippen molar-refractivity contribution in [3.8, 4) is 23.0 Å². The van der Waals surface area contributed by atoms with Crippen LogP contribution in [-0.4, -0.2) is 29.8 Å². The van der Waals surface area contributed by atoms with Gasteiger partial charge in [0, 0.05) is 16.8 Å². The highest BCUT2D eigenvalue weighted by atomic mass is 35.5. The smallest absolute Gasteiger partial charge is 0.255 e. The fourth-order valence-corrected chi connectivity index (χ4v) is 2.78. The number of nitrogens with one attached hydrogen (secondary N) is 1. The zero-order valence-electron chi connectivity index (χ0n) is 15.1. The fourth-order valence-electron chi connectivity index (χ4n) is 2.52. The lowest BCUT2D eigenvalue weighted by atomic mass is 10.1. The van der Waals surface area contributed by atoms with Crippen molar-refractivity contribution in [3.05, 3.63) is 52.9 Å². The van der Waals surface area contributed by atoms with Crippen LogP contribution in [0.5, 0.6) is 11.5 Å². The molecule has 1 heterocycles. The molecule has 0 saturated heterocycles. The molecule has 3 rings (SSSR count). The summed E-state index contributed by atoms with van der Waals surface area (Å²) in [6.45, 7) is 4.16. The number of carbonyl (C=O) groups excluding carboxylic acids is 1. The van der Waals surface area contributed by atoms with Crippen LogP contribution < -0.4 is 14.8 Å². The summed E-state index contributed by atoms with van der Waals surface area (Å²) < 4.78 is 16.0. The first-order valence-corrected chi connectivity index (χ1v) is 8.60. The van der Waals surface area contributed by atoms with Gasteiger partial charge in [0.25, 0.3) is 5.91 Å². The van der Waals surface area contributed by atoms with Crippen molar-refractivity contribution < 1.29 is 18.7 Å². The first-order valence-electron chi connectivity index (χ1n) is 8.22. The first-order chi connectivity index (χ1) is 13.0. The maximum atomic E-state index is 12.7. The Balaban J connectivity index is 1.89. The second-order valence-electron chi connectivity index (χ2n) is 5.65. The van der Waals surface area contributed by atoms with Gasteiger partial charge in [0.05, 0.1) is 18.7 Å². The summed E-state index contributed by atoms with van der Waals surface area (Å²) in [6, 6.07) is 8.61. The Morgan fingerprint density at radius 3 is 2.78 bits per heavy atom. The third kappa shape index (κ3) is 4.03. The van der Waals surface area contributed by atoms with E-state index in [4.69, 9.17) is 25.5 Å². The second kappa shape index (κ2) is 8.09. The Kier molecular flexibility index (Phi) is 5.61. The molecule has 8 heteroatoms. The molecule has 0 bridgehead atoms. The van der Waals surface area contributed by atoms with Crippen molar-refractivity contribution in [3.63, 3.8) is 0 Å². The molecular formula is C19H18ClN3O4. The van der Waals surface area contributed by atoms with Crippen molar-refractivity contribution in [1.29, 1.82) is 0 Å². The number of amides is 1. The van der Waals surface area contributed by atoms with E-state index in [1.165, 1.54) is 13.5 Å². The predicted octanol–water partition coefficient (Wildman–Crippen LogP) is 4.36. The van der Waals surface area contributed by atoms with E-state index in [0.29, 0.717) is 45.8 Å². The summed E-state index contributed by atoms with van der Waals surface area (Å²) >= 11 is 6.25. The van der Waals surface area contributed by atoms with E-state index in [1.807, 2.05) is 26.0 Å².